The number of rotatable bonds is 29. The molecule has 0 radical (unpaired) electrons. The SMILES string of the molecule is CCCCCCCCCCCCC/C=C/[C@@H](O)[C@H](C)NC(=O)CCCCCCCCCCCCCCC. The van der Waals surface area contributed by atoms with Crippen LogP contribution in [-0.4, -0.2) is 23.2 Å². The molecule has 0 saturated heterocycles. The first-order valence-electron chi connectivity index (χ1n) is 16.8. The summed E-state index contributed by atoms with van der Waals surface area (Å²) in [6.07, 6.45) is 37.0. The Balaban J connectivity index is 3.50. The predicted octanol–water partition coefficient (Wildman–Crippen LogP) is 10.6. The van der Waals surface area contributed by atoms with Gasteiger partial charge in [-0.25, -0.2) is 0 Å². The van der Waals surface area contributed by atoms with Gasteiger partial charge in [-0.2, -0.15) is 0 Å². The molecule has 0 aromatic carbocycles. The number of nitrogens with one attached hydrogen (secondary N) is 1. The van der Waals surface area contributed by atoms with Gasteiger partial charge in [0, 0.05) is 6.42 Å². The van der Waals surface area contributed by atoms with Crippen LogP contribution in [0.1, 0.15) is 188 Å². The molecule has 2 atom stereocenters. The molecule has 0 fully saturated rings. The van der Waals surface area contributed by atoms with Crippen molar-refractivity contribution in [2.45, 2.75) is 200 Å². The van der Waals surface area contributed by atoms with Crippen molar-refractivity contribution >= 4 is 5.91 Å². The lowest BCUT2D eigenvalue weighted by atomic mass is 10.0. The molecule has 0 spiro atoms. The van der Waals surface area contributed by atoms with E-state index in [0.29, 0.717) is 6.42 Å². The second-order valence-electron chi connectivity index (χ2n) is 11.6. The monoisotopic (exact) mass is 522 g/mol. The molecule has 0 aliphatic rings. The lowest BCUT2D eigenvalue weighted by Crippen LogP contribution is -2.40. The minimum atomic E-state index is -0.594. The summed E-state index contributed by atoms with van der Waals surface area (Å²) < 4.78 is 0. The zero-order valence-corrected chi connectivity index (χ0v) is 25.5. The van der Waals surface area contributed by atoms with Gasteiger partial charge in [0.25, 0.3) is 0 Å². The normalized spacial score (nSPS) is 13.3. The molecule has 0 aromatic rings. The highest BCUT2D eigenvalue weighted by molar-refractivity contribution is 5.76. The van der Waals surface area contributed by atoms with Gasteiger partial charge in [0.2, 0.25) is 5.91 Å². The third kappa shape index (κ3) is 28.0. The molecule has 2 N–H and O–H groups in total. The molecule has 0 aliphatic heterocycles. The molecular formula is C34H67NO2. The van der Waals surface area contributed by atoms with Gasteiger partial charge < -0.3 is 10.4 Å². The predicted molar refractivity (Wildman–Crippen MR) is 164 cm³/mol. The van der Waals surface area contributed by atoms with Gasteiger partial charge in [-0.05, 0) is 26.2 Å². The van der Waals surface area contributed by atoms with E-state index in [2.05, 4.69) is 25.2 Å². The Hall–Kier alpha value is -0.830. The minimum Gasteiger partial charge on any atom is -0.387 e. The highest BCUT2D eigenvalue weighted by Crippen LogP contribution is 2.14. The molecule has 0 unspecified atom stereocenters. The lowest BCUT2D eigenvalue weighted by molar-refractivity contribution is -0.122. The Kier molecular flexibility index (Phi) is 29.1. The van der Waals surface area contributed by atoms with Crippen LogP contribution >= 0.6 is 0 Å². The number of carbonyl (C=O) groups excluding carboxylic acids is 1. The highest BCUT2D eigenvalue weighted by Gasteiger charge is 2.13. The first-order valence-corrected chi connectivity index (χ1v) is 16.8. The van der Waals surface area contributed by atoms with Crippen molar-refractivity contribution in [3.63, 3.8) is 0 Å². The van der Waals surface area contributed by atoms with Crippen molar-refractivity contribution in [2.24, 2.45) is 0 Å². The fourth-order valence-electron chi connectivity index (χ4n) is 5.04. The van der Waals surface area contributed by atoms with Gasteiger partial charge in [-0.1, -0.05) is 167 Å². The number of unbranched alkanes of at least 4 members (excludes halogenated alkanes) is 23. The molecule has 0 aromatic heterocycles. The smallest absolute Gasteiger partial charge is 0.220 e. The molecule has 3 heteroatoms. The zero-order valence-electron chi connectivity index (χ0n) is 25.5. The summed E-state index contributed by atoms with van der Waals surface area (Å²) in [7, 11) is 0. The van der Waals surface area contributed by atoms with Crippen LogP contribution < -0.4 is 5.32 Å². The molecule has 0 saturated carbocycles. The van der Waals surface area contributed by atoms with Crippen molar-refractivity contribution in [3.8, 4) is 0 Å². The summed E-state index contributed by atoms with van der Waals surface area (Å²) in [6, 6.07) is -0.219. The minimum absolute atomic E-state index is 0.0772. The van der Waals surface area contributed by atoms with Gasteiger partial charge in [-0.15, -0.1) is 0 Å². The number of aliphatic hydroxyl groups is 1. The second kappa shape index (κ2) is 29.7. The van der Waals surface area contributed by atoms with E-state index in [0.717, 1.165) is 19.3 Å². The number of carbonyl (C=O) groups is 1. The summed E-state index contributed by atoms with van der Waals surface area (Å²) >= 11 is 0. The van der Waals surface area contributed by atoms with E-state index in [1.165, 1.54) is 141 Å². The van der Waals surface area contributed by atoms with Crippen molar-refractivity contribution in [1.82, 2.24) is 5.32 Å². The molecule has 0 aliphatic carbocycles. The van der Waals surface area contributed by atoms with Crippen LogP contribution in [0.15, 0.2) is 12.2 Å². The average Bonchev–Trinajstić information content (AvgIpc) is 2.89. The maximum absolute atomic E-state index is 12.2. The maximum Gasteiger partial charge on any atom is 0.220 e. The molecule has 37 heavy (non-hydrogen) atoms. The average molecular weight is 522 g/mol. The van der Waals surface area contributed by atoms with E-state index in [9.17, 15) is 9.90 Å². The van der Waals surface area contributed by atoms with Crippen LogP contribution in [0.3, 0.4) is 0 Å². The van der Waals surface area contributed by atoms with Crippen LogP contribution in [0.2, 0.25) is 0 Å². The van der Waals surface area contributed by atoms with Gasteiger partial charge in [0.1, 0.15) is 0 Å². The lowest BCUT2D eigenvalue weighted by Gasteiger charge is -2.17. The standard InChI is InChI=1S/C34H67NO2/c1-4-6-8-10-12-14-16-18-20-22-24-26-28-30-33(36)32(3)35-34(37)31-29-27-25-23-21-19-17-15-13-11-9-7-5-2/h28,30,32-33,36H,4-27,29,31H2,1-3H3,(H,35,37)/b30-28+/t32-,33+/m0/s1. The van der Waals surface area contributed by atoms with Crippen molar-refractivity contribution in [1.29, 1.82) is 0 Å². The van der Waals surface area contributed by atoms with E-state index < -0.39 is 6.10 Å². The molecule has 0 heterocycles. The quantitative estimate of drug-likeness (QED) is 0.0759. The Labute approximate surface area is 233 Å². The molecule has 0 rings (SSSR count). The Morgan fingerprint density at radius 3 is 1.35 bits per heavy atom. The van der Waals surface area contributed by atoms with E-state index in [-0.39, 0.29) is 11.9 Å². The van der Waals surface area contributed by atoms with Gasteiger partial charge in [-0.3, -0.25) is 4.79 Å². The van der Waals surface area contributed by atoms with Crippen LogP contribution in [0.25, 0.3) is 0 Å². The molecule has 0 bridgehead atoms. The molecular weight excluding hydrogens is 454 g/mol. The molecule has 3 nitrogen and oxygen atoms in total. The number of hydrogen-bond acceptors (Lipinski definition) is 2. The third-order valence-corrected chi connectivity index (χ3v) is 7.72. The van der Waals surface area contributed by atoms with Crippen molar-refractivity contribution in [2.75, 3.05) is 0 Å². The Morgan fingerprint density at radius 1 is 0.595 bits per heavy atom. The van der Waals surface area contributed by atoms with Crippen LogP contribution in [0.4, 0.5) is 0 Å². The number of aliphatic hydroxyl groups excluding tert-OH is 1. The van der Waals surface area contributed by atoms with E-state index in [4.69, 9.17) is 0 Å². The number of hydrogen-bond donors (Lipinski definition) is 2. The van der Waals surface area contributed by atoms with Crippen molar-refractivity contribution < 1.29 is 9.90 Å². The van der Waals surface area contributed by atoms with Gasteiger partial charge >= 0.3 is 0 Å². The maximum atomic E-state index is 12.2. The van der Waals surface area contributed by atoms with Gasteiger partial charge in [0.15, 0.2) is 0 Å². The van der Waals surface area contributed by atoms with Crippen LogP contribution in [-0.2, 0) is 4.79 Å². The van der Waals surface area contributed by atoms with Crippen LogP contribution in [0, 0.1) is 0 Å². The van der Waals surface area contributed by atoms with Gasteiger partial charge in [0.05, 0.1) is 12.1 Å². The summed E-state index contributed by atoms with van der Waals surface area (Å²) in [6.45, 7) is 6.45. The summed E-state index contributed by atoms with van der Waals surface area (Å²) in [5.41, 5.74) is 0. The summed E-state index contributed by atoms with van der Waals surface area (Å²) in [4.78, 5) is 12.2. The molecule has 1 amide bonds. The summed E-state index contributed by atoms with van der Waals surface area (Å²) in [5, 5.41) is 13.3. The number of allylic oxidation sites excluding steroid dienone is 1. The Bertz CT molecular complexity index is 490. The number of amides is 1. The Morgan fingerprint density at radius 2 is 0.946 bits per heavy atom. The third-order valence-electron chi connectivity index (χ3n) is 7.72. The van der Waals surface area contributed by atoms with E-state index >= 15 is 0 Å². The van der Waals surface area contributed by atoms with E-state index in [1.54, 1.807) is 0 Å². The first-order chi connectivity index (χ1) is 18.1. The highest BCUT2D eigenvalue weighted by atomic mass is 16.3. The zero-order chi connectivity index (χ0) is 27.2. The largest absolute Gasteiger partial charge is 0.387 e. The topological polar surface area (TPSA) is 49.3 Å². The van der Waals surface area contributed by atoms with Crippen molar-refractivity contribution in [3.05, 3.63) is 12.2 Å². The van der Waals surface area contributed by atoms with E-state index in [1.807, 2.05) is 13.0 Å². The summed E-state index contributed by atoms with van der Waals surface area (Å²) in [5.74, 6) is 0.0772. The fourth-order valence-corrected chi connectivity index (χ4v) is 5.04. The fraction of sp³-hybridized carbons (Fsp3) is 0.912. The molecule has 220 valence electrons. The first kappa shape index (κ1) is 36.2. The second-order valence-corrected chi connectivity index (χ2v) is 11.6. The van der Waals surface area contributed by atoms with Crippen LogP contribution in [0.5, 0.6) is 0 Å².